The molecule has 0 unspecified atom stereocenters. The van der Waals surface area contributed by atoms with E-state index < -0.39 is 4.92 Å². The van der Waals surface area contributed by atoms with Crippen molar-refractivity contribution in [3.63, 3.8) is 0 Å². The van der Waals surface area contributed by atoms with Gasteiger partial charge in [-0.1, -0.05) is 66.7 Å². The number of allylic oxidation sites excluding steroid dienone is 7. The maximum Gasteiger partial charge on any atom is 0.269 e. The summed E-state index contributed by atoms with van der Waals surface area (Å²) < 4.78 is 0. The van der Waals surface area contributed by atoms with Crippen molar-refractivity contribution < 1.29 is 9.72 Å². The zero-order chi connectivity index (χ0) is 22.5. The molecule has 0 N–H and O–H groups in total. The van der Waals surface area contributed by atoms with Crippen molar-refractivity contribution >= 4 is 28.7 Å². The van der Waals surface area contributed by atoms with E-state index in [0.717, 1.165) is 39.0 Å². The average Bonchev–Trinajstić information content (AvgIpc) is 3.16. The molecular weight excluding hydrogens is 398 g/mol. The minimum atomic E-state index is -0.407. The molecule has 0 spiro atoms. The lowest BCUT2D eigenvalue weighted by atomic mass is 9.93. The molecule has 0 bridgehead atoms. The molecule has 0 aliphatic heterocycles. The van der Waals surface area contributed by atoms with Crippen molar-refractivity contribution in [2.45, 2.75) is 6.92 Å². The molecule has 4 heteroatoms. The first-order chi connectivity index (χ1) is 15.5. The van der Waals surface area contributed by atoms with Crippen LogP contribution in [-0.2, 0) is 4.79 Å². The molecule has 3 aromatic rings. The minimum Gasteiger partial charge on any atom is -0.295 e. The fourth-order valence-electron chi connectivity index (χ4n) is 3.74. The van der Waals surface area contributed by atoms with Crippen molar-refractivity contribution in [1.82, 2.24) is 0 Å². The lowest BCUT2D eigenvalue weighted by Crippen LogP contribution is -1.92. The van der Waals surface area contributed by atoms with Crippen molar-refractivity contribution in [3.05, 3.63) is 141 Å². The number of nitro benzene ring substituents is 1. The highest BCUT2D eigenvalue weighted by Crippen LogP contribution is 2.43. The fourth-order valence-corrected chi connectivity index (χ4v) is 3.74. The third-order valence-electron chi connectivity index (χ3n) is 5.21. The van der Waals surface area contributed by atoms with Crippen molar-refractivity contribution in [2.24, 2.45) is 0 Å². The zero-order valence-corrected chi connectivity index (χ0v) is 17.6. The summed E-state index contributed by atoms with van der Waals surface area (Å²) in [7, 11) is 0. The minimum absolute atomic E-state index is 0.0421. The highest BCUT2D eigenvalue weighted by molar-refractivity contribution is 6.08. The molecule has 4 rings (SSSR count). The molecule has 0 saturated carbocycles. The van der Waals surface area contributed by atoms with E-state index in [4.69, 9.17) is 0 Å². The SMILES string of the molecule is CC(=O)/C=C\C1=C(c2ccccc2)C(=C/c2ccccc2)/C=C1c1ccc([N+](=O)[O-])cc1. The molecule has 0 radical (unpaired) electrons. The van der Waals surface area contributed by atoms with E-state index in [-0.39, 0.29) is 11.5 Å². The standard InChI is InChI=1S/C28H21NO3/c1-20(30)12-17-26-27(22-13-15-25(16-14-22)29(31)32)19-24(18-21-8-4-2-5-9-21)28(26)23-10-6-3-7-11-23/h2-19H,1H3/b17-12-,24-18+. The monoisotopic (exact) mass is 419 g/mol. The van der Waals surface area contributed by atoms with Gasteiger partial charge in [-0.3, -0.25) is 14.9 Å². The largest absolute Gasteiger partial charge is 0.295 e. The summed E-state index contributed by atoms with van der Waals surface area (Å²) in [6, 6.07) is 26.6. The average molecular weight is 419 g/mol. The quantitative estimate of drug-likeness (QED) is 0.254. The number of rotatable bonds is 6. The van der Waals surface area contributed by atoms with Gasteiger partial charge in [0.05, 0.1) is 4.92 Å². The van der Waals surface area contributed by atoms with Gasteiger partial charge in [0.1, 0.15) is 0 Å². The first-order valence-electron chi connectivity index (χ1n) is 10.3. The Balaban J connectivity index is 1.94. The van der Waals surface area contributed by atoms with Crippen LogP contribution in [-0.4, -0.2) is 10.7 Å². The van der Waals surface area contributed by atoms with Gasteiger partial charge in [-0.05, 0) is 76.3 Å². The molecule has 156 valence electrons. The topological polar surface area (TPSA) is 60.2 Å². The van der Waals surface area contributed by atoms with Crippen LogP contribution in [0.1, 0.15) is 23.6 Å². The molecule has 0 amide bonds. The molecular formula is C28H21NO3. The number of nitrogens with zero attached hydrogens (tertiary/aromatic N) is 1. The van der Waals surface area contributed by atoms with Crippen LogP contribution in [0.5, 0.6) is 0 Å². The molecule has 32 heavy (non-hydrogen) atoms. The van der Waals surface area contributed by atoms with Crippen LogP contribution in [0, 0.1) is 10.1 Å². The van der Waals surface area contributed by atoms with Crippen molar-refractivity contribution in [2.75, 3.05) is 0 Å². The maximum atomic E-state index is 11.8. The van der Waals surface area contributed by atoms with Gasteiger partial charge in [-0.15, -0.1) is 0 Å². The van der Waals surface area contributed by atoms with Gasteiger partial charge in [-0.2, -0.15) is 0 Å². The number of carbonyl (C=O) groups excluding carboxylic acids is 1. The van der Waals surface area contributed by atoms with E-state index in [1.165, 1.54) is 19.1 Å². The molecule has 0 saturated heterocycles. The normalized spacial score (nSPS) is 14.8. The van der Waals surface area contributed by atoms with Crippen LogP contribution < -0.4 is 0 Å². The highest BCUT2D eigenvalue weighted by Gasteiger charge is 2.23. The van der Waals surface area contributed by atoms with E-state index >= 15 is 0 Å². The van der Waals surface area contributed by atoms with Crippen LogP contribution >= 0.6 is 0 Å². The Morgan fingerprint density at radius 3 is 2.06 bits per heavy atom. The van der Waals surface area contributed by atoms with Crippen molar-refractivity contribution in [1.29, 1.82) is 0 Å². The molecule has 0 heterocycles. The molecule has 1 aliphatic rings. The van der Waals surface area contributed by atoms with Gasteiger partial charge < -0.3 is 0 Å². The maximum absolute atomic E-state index is 11.8. The van der Waals surface area contributed by atoms with Crippen LogP contribution in [0.25, 0.3) is 17.2 Å². The van der Waals surface area contributed by atoms with E-state index in [1.807, 2.05) is 66.7 Å². The van der Waals surface area contributed by atoms with E-state index in [1.54, 1.807) is 18.2 Å². The zero-order valence-electron chi connectivity index (χ0n) is 17.6. The Morgan fingerprint density at radius 2 is 1.47 bits per heavy atom. The molecule has 1 aliphatic carbocycles. The van der Waals surface area contributed by atoms with Gasteiger partial charge in [0.25, 0.3) is 5.69 Å². The summed E-state index contributed by atoms with van der Waals surface area (Å²) in [5.41, 5.74) is 6.84. The summed E-state index contributed by atoms with van der Waals surface area (Å²) >= 11 is 0. The molecule has 0 fully saturated rings. The molecule has 4 nitrogen and oxygen atoms in total. The Kier molecular flexibility index (Phi) is 6.04. The second kappa shape index (κ2) is 9.23. The van der Waals surface area contributed by atoms with Crippen molar-refractivity contribution in [3.8, 4) is 0 Å². The van der Waals surface area contributed by atoms with Gasteiger partial charge in [0, 0.05) is 12.1 Å². The van der Waals surface area contributed by atoms with Gasteiger partial charge in [0.15, 0.2) is 5.78 Å². The van der Waals surface area contributed by atoms with Gasteiger partial charge >= 0.3 is 0 Å². The van der Waals surface area contributed by atoms with Crippen LogP contribution in [0.4, 0.5) is 5.69 Å². The molecule has 3 aromatic carbocycles. The Hall–Kier alpha value is -4.31. The van der Waals surface area contributed by atoms with Crippen LogP contribution in [0.15, 0.2) is 114 Å². The first kappa shape index (κ1) is 20.9. The number of carbonyl (C=O) groups is 1. The number of nitro groups is 1. The predicted octanol–water partition coefficient (Wildman–Crippen LogP) is 6.67. The number of non-ortho nitro benzene ring substituents is 1. The summed E-state index contributed by atoms with van der Waals surface area (Å²) in [4.78, 5) is 22.4. The lowest BCUT2D eigenvalue weighted by molar-refractivity contribution is -0.384. The number of ketones is 1. The Labute approximate surface area is 186 Å². The van der Waals surface area contributed by atoms with Gasteiger partial charge in [0.2, 0.25) is 0 Å². The summed E-state index contributed by atoms with van der Waals surface area (Å²) in [6.45, 7) is 1.52. The third-order valence-corrected chi connectivity index (χ3v) is 5.21. The number of hydrogen-bond acceptors (Lipinski definition) is 3. The van der Waals surface area contributed by atoms with E-state index in [9.17, 15) is 14.9 Å². The summed E-state index contributed by atoms with van der Waals surface area (Å²) in [5.74, 6) is -0.0477. The Morgan fingerprint density at radius 1 is 0.844 bits per heavy atom. The Bertz CT molecular complexity index is 1280. The van der Waals surface area contributed by atoms with Gasteiger partial charge in [-0.25, -0.2) is 0 Å². The fraction of sp³-hybridized carbons (Fsp3) is 0.0357. The number of hydrogen-bond donors (Lipinski definition) is 0. The number of benzene rings is 3. The highest BCUT2D eigenvalue weighted by atomic mass is 16.6. The predicted molar refractivity (Wildman–Crippen MR) is 129 cm³/mol. The third kappa shape index (κ3) is 4.55. The van der Waals surface area contributed by atoms with E-state index in [0.29, 0.717) is 0 Å². The first-order valence-corrected chi connectivity index (χ1v) is 10.3. The molecule has 0 aromatic heterocycles. The smallest absolute Gasteiger partial charge is 0.269 e. The van der Waals surface area contributed by atoms with Crippen LogP contribution in [0.3, 0.4) is 0 Å². The molecule has 0 atom stereocenters. The lowest BCUT2D eigenvalue weighted by Gasteiger charge is -2.10. The second-order valence-corrected chi connectivity index (χ2v) is 7.47. The second-order valence-electron chi connectivity index (χ2n) is 7.47. The summed E-state index contributed by atoms with van der Waals surface area (Å²) in [6.07, 6.45) is 7.59. The van der Waals surface area contributed by atoms with E-state index in [2.05, 4.69) is 12.2 Å². The van der Waals surface area contributed by atoms with Crippen LogP contribution in [0.2, 0.25) is 0 Å². The summed E-state index contributed by atoms with van der Waals surface area (Å²) in [5, 5.41) is 11.1.